The van der Waals surface area contributed by atoms with Crippen LogP contribution in [0.1, 0.15) is 0 Å². The molecule has 0 aliphatic carbocycles. The maximum atomic E-state index is 5.93. The number of halogens is 1. The van der Waals surface area contributed by atoms with E-state index in [1.165, 1.54) is 0 Å². The van der Waals surface area contributed by atoms with Gasteiger partial charge in [0.05, 0.1) is 0 Å². The quantitative estimate of drug-likeness (QED) is 0.716. The van der Waals surface area contributed by atoms with Crippen molar-refractivity contribution in [3.8, 4) is 28.5 Å². The fourth-order valence-electron chi connectivity index (χ4n) is 2.28. The standard InChI is InChI=1S/C19H17ClN2O2/c20-14-7-9-15(10-8-14)24-19-17(5-3-12-22-19)16-4-1-2-6-18(16)23-13-11-21/h1-10,12H,11,13,21H2. The van der Waals surface area contributed by atoms with Gasteiger partial charge in [0.15, 0.2) is 0 Å². The highest BCUT2D eigenvalue weighted by Gasteiger charge is 2.13. The van der Waals surface area contributed by atoms with Crippen molar-refractivity contribution in [2.45, 2.75) is 0 Å². The van der Waals surface area contributed by atoms with E-state index in [1.54, 1.807) is 30.5 Å². The molecular weight excluding hydrogens is 324 g/mol. The van der Waals surface area contributed by atoms with Crippen LogP contribution in [0.5, 0.6) is 17.4 Å². The molecule has 5 heteroatoms. The van der Waals surface area contributed by atoms with Crippen molar-refractivity contribution in [3.63, 3.8) is 0 Å². The lowest BCUT2D eigenvalue weighted by Crippen LogP contribution is -2.11. The molecular formula is C19H17ClN2O2. The minimum absolute atomic E-state index is 0.449. The number of hydrogen-bond acceptors (Lipinski definition) is 4. The molecule has 24 heavy (non-hydrogen) atoms. The van der Waals surface area contributed by atoms with Crippen LogP contribution in [0.3, 0.4) is 0 Å². The molecule has 4 nitrogen and oxygen atoms in total. The Balaban J connectivity index is 1.96. The molecule has 0 amide bonds. The summed E-state index contributed by atoms with van der Waals surface area (Å²) < 4.78 is 11.7. The number of nitrogens with two attached hydrogens (primary N) is 1. The second-order valence-corrected chi connectivity index (χ2v) is 5.48. The monoisotopic (exact) mass is 340 g/mol. The lowest BCUT2D eigenvalue weighted by molar-refractivity contribution is 0.329. The number of aromatic nitrogens is 1. The van der Waals surface area contributed by atoms with Gasteiger partial charge in [-0.15, -0.1) is 0 Å². The zero-order valence-electron chi connectivity index (χ0n) is 13.0. The summed E-state index contributed by atoms with van der Waals surface area (Å²) >= 11 is 5.91. The van der Waals surface area contributed by atoms with Crippen LogP contribution in [0.25, 0.3) is 11.1 Å². The molecule has 0 atom stereocenters. The normalized spacial score (nSPS) is 10.4. The Labute approximate surface area is 145 Å². The van der Waals surface area contributed by atoms with Gasteiger partial charge < -0.3 is 15.2 Å². The average Bonchev–Trinajstić information content (AvgIpc) is 2.63. The van der Waals surface area contributed by atoms with Crippen molar-refractivity contribution >= 4 is 11.6 Å². The molecule has 0 saturated heterocycles. The van der Waals surface area contributed by atoms with Crippen molar-refractivity contribution in [2.24, 2.45) is 5.73 Å². The van der Waals surface area contributed by atoms with Crippen LogP contribution in [0.4, 0.5) is 0 Å². The van der Waals surface area contributed by atoms with Crippen LogP contribution >= 0.6 is 11.6 Å². The van der Waals surface area contributed by atoms with E-state index in [-0.39, 0.29) is 0 Å². The zero-order valence-corrected chi connectivity index (χ0v) is 13.7. The van der Waals surface area contributed by atoms with E-state index in [2.05, 4.69) is 4.98 Å². The third-order valence-electron chi connectivity index (χ3n) is 3.35. The molecule has 0 aliphatic rings. The summed E-state index contributed by atoms with van der Waals surface area (Å²) in [6.07, 6.45) is 1.69. The highest BCUT2D eigenvalue weighted by Crippen LogP contribution is 2.36. The Morgan fingerprint density at radius 2 is 1.67 bits per heavy atom. The number of hydrogen-bond donors (Lipinski definition) is 1. The molecule has 1 heterocycles. The van der Waals surface area contributed by atoms with Crippen LogP contribution < -0.4 is 15.2 Å². The largest absolute Gasteiger partial charge is 0.492 e. The van der Waals surface area contributed by atoms with Gasteiger partial charge in [-0.1, -0.05) is 29.8 Å². The molecule has 1 aromatic heterocycles. The van der Waals surface area contributed by atoms with Crippen molar-refractivity contribution < 1.29 is 9.47 Å². The van der Waals surface area contributed by atoms with Crippen molar-refractivity contribution in [2.75, 3.05) is 13.2 Å². The first-order valence-electron chi connectivity index (χ1n) is 7.58. The minimum atomic E-state index is 0.449. The van der Waals surface area contributed by atoms with Crippen LogP contribution in [0.2, 0.25) is 5.02 Å². The first-order chi connectivity index (χ1) is 11.8. The van der Waals surface area contributed by atoms with E-state index in [4.69, 9.17) is 26.8 Å². The Kier molecular flexibility index (Phi) is 5.31. The molecule has 0 fully saturated rings. The molecule has 0 bridgehead atoms. The molecule has 0 spiro atoms. The van der Waals surface area contributed by atoms with Crippen molar-refractivity contribution in [3.05, 3.63) is 71.9 Å². The number of para-hydroxylation sites is 1. The number of ether oxygens (including phenoxy) is 2. The van der Waals surface area contributed by atoms with Crippen LogP contribution in [-0.4, -0.2) is 18.1 Å². The number of nitrogens with zero attached hydrogens (tertiary/aromatic N) is 1. The van der Waals surface area contributed by atoms with Gasteiger partial charge in [-0.25, -0.2) is 4.98 Å². The van der Waals surface area contributed by atoms with E-state index < -0.39 is 0 Å². The Hall–Kier alpha value is -2.56. The lowest BCUT2D eigenvalue weighted by Gasteiger charge is -2.14. The maximum Gasteiger partial charge on any atom is 0.227 e. The van der Waals surface area contributed by atoms with E-state index >= 15 is 0 Å². The van der Waals surface area contributed by atoms with Gasteiger partial charge in [0, 0.05) is 28.9 Å². The minimum Gasteiger partial charge on any atom is -0.492 e. The fourth-order valence-corrected chi connectivity index (χ4v) is 2.40. The second-order valence-electron chi connectivity index (χ2n) is 5.05. The summed E-state index contributed by atoms with van der Waals surface area (Å²) in [6, 6.07) is 18.7. The maximum absolute atomic E-state index is 5.93. The van der Waals surface area contributed by atoms with Gasteiger partial charge >= 0.3 is 0 Å². The fraction of sp³-hybridized carbons (Fsp3) is 0.105. The Morgan fingerprint density at radius 3 is 2.46 bits per heavy atom. The van der Waals surface area contributed by atoms with Gasteiger partial charge in [-0.05, 0) is 42.5 Å². The molecule has 0 unspecified atom stereocenters. The summed E-state index contributed by atoms with van der Waals surface area (Å²) in [5.41, 5.74) is 7.29. The third kappa shape index (κ3) is 3.85. The van der Waals surface area contributed by atoms with E-state index in [1.807, 2.05) is 36.4 Å². The summed E-state index contributed by atoms with van der Waals surface area (Å²) in [7, 11) is 0. The highest BCUT2D eigenvalue weighted by atomic mass is 35.5. The molecule has 3 rings (SSSR count). The number of rotatable bonds is 6. The third-order valence-corrected chi connectivity index (χ3v) is 3.60. The van der Waals surface area contributed by atoms with Gasteiger partial charge in [0.2, 0.25) is 5.88 Å². The first kappa shape index (κ1) is 16.3. The SMILES string of the molecule is NCCOc1ccccc1-c1cccnc1Oc1ccc(Cl)cc1. The topological polar surface area (TPSA) is 57.4 Å². The average molecular weight is 341 g/mol. The predicted octanol–water partition coefficient (Wildman–Crippen LogP) is 4.53. The summed E-state index contributed by atoms with van der Waals surface area (Å²) in [4.78, 5) is 4.36. The van der Waals surface area contributed by atoms with Gasteiger partial charge in [0.25, 0.3) is 0 Å². The van der Waals surface area contributed by atoms with Crippen molar-refractivity contribution in [1.82, 2.24) is 4.98 Å². The Morgan fingerprint density at radius 1 is 0.917 bits per heavy atom. The van der Waals surface area contributed by atoms with Gasteiger partial charge in [-0.3, -0.25) is 0 Å². The predicted molar refractivity (Wildman–Crippen MR) is 95.7 cm³/mol. The number of benzene rings is 2. The van der Waals surface area contributed by atoms with Crippen LogP contribution in [0.15, 0.2) is 66.9 Å². The summed E-state index contributed by atoms with van der Waals surface area (Å²) in [5, 5.41) is 0.657. The molecule has 2 N–H and O–H groups in total. The zero-order chi connectivity index (χ0) is 16.8. The highest BCUT2D eigenvalue weighted by molar-refractivity contribution is 6.30. The van der Waals surface area contributed by atoms with E-state index in [0.717, 1.165) is 16.9 Å². The van der Waals surface area contributed by atoms with Gasteiger partial charge in [0.1, 0.15) is 18.1 Å². The van der Waals surface area contributed by atoms with E-state index in [9.17, 15) is 0 Å². The van der Waals surface area contributed by atoms with Crippen molar-refractivity contribution in [1.29, 1.82) is 0 Å². The molecule has 3 aromatic rings. The lowest BCUT2D eigenvalue weighted by atomic mass is 10.1. The molecule has 0 radical (unpaired) electrons. The van der Waals surface area contributed by atoms with Crippen LogP contribution in [-0.2, 0) is 0 Å². The van der Waals surface area contributed by atoms with E-state index in [0.29, 0.717) is 29.8 Å². The first-order valence-corrected chi connectivity index (χ1v) is 7.96. The van der Waals surface area contributed by atoms with Crippen LogP contribution in [0, 0.1) is 0 Å². The molecule has 0 saturated carbocycles. The molecule has 2 aromatic carbocycles. The molecule has 0 aliphatic heterocycles. The van der Waals surface area contributed by atoms with Gasteiger partial charge in [-0.2, -0.15) is 0 Å². The summed E-state index contributed by atoms with van der Waals surface area (Å²) in [6.45, 7) is 0.903. The Bertz CT molecular complexity index is 806. The summed E-state index contributed by atoms with van der Waals surface area (Å²) in [5.74, 6) is 1.92. The smallest absolute Gasteiger partial charge is 0.227 e. The second kappa shape index (κ2) is 7.81. The number of pyridine rings is 1. The molecule has 122 valence electrons.